The molecule has 0 aromatic heterocycles. The van der Waals surface area contributed by atoms with E-state index in [1.807, 2.05) is 24.3 Å². The van der Waals surface area contributed by atoms with Gasteiger partial charge in [-0.2, -0.15) is 0 Å². The molecule has 1 N–H and O–H groups in total. The largest absolute Gasteiger partial charge is 0.497 e. The molecule has 2 aliphatic rings. The van der Waals surface area contributed by atoms with Crippen LogP contribution in [0.25, 0.3) is 0 Å². The zero-order valence-corrected chi connectivity index (χ0v) is 12.2. The lowest BCUT2D eigenvalue weighted by Crippen LogP contribution is -2.35. The molecule has 4 nitrogen and oxygen atoms in total. The second-order valence-electron chi connectivity index (χ2n) is 5.69. The fourth-order valence-corrected chi connectivity index (χ4v) is 2.83. The fraction of sp³-hybridized carbons (Fsp3) is 0.625. The average Bonchev–Trinajstić information content (AvgIpc) is 3.24. The second-order valence-corrected chi connectivity index (χ2v) is 5.69. The molecule has 20 heavy (non-hydrogen) atoms. The molecule has 110 valence electrons. The number of hydrogen-bond donors (Lipinski definition) is 1. The van der Waals surface area contributed by atoms with Crippen molar-refractivity contribution in [3.8, 4) is 11.5 Å². The normalized spacial score (nSPS) is 22.9. The molecule has 0 radical (unpaired) electrons. The Morgan fingerprint density at radius 3 is 2.60 bits per heavy atom. The van der Waals surface area contributed by atoms with Gasteiger partial charge in [-0.25, -0.2) is 0 Å². The van der Waals surface area contributed by atoms with Crippen molar-refractivity contribution in [1.82, 2.24) is 10.2 Å². The molecule has 1 aliphatic carbocycles. The fourth-order valence-electron chi connectivity index (χ4n) is 2.83. The Morgan fingerprint density at radius 1 is 1.15 bits per heavy atom. The molecule has 1 aromatic carbocycles. The third kappa shape index (κ3) is 3.64. The third-order valence-corrected chi connectivity index (χ3v) is 4.15. The van der Waals surface area contributed by atoms with Gasteiger partial charge in [-0.3, -0.25) is 4.90 Å². The molecule has 1 saturated carbocycles. The Balaban J connectivity index is 1.31. The summed E-state index contributed by atoms with van der Waals surface area (Å²) < 4.78 is 10.8. The summed E-state index contributed by atoms with van der Waals surface area (Å²) in [7, 11) is 1.67. The van der Waals surface area contributed by atoms with Crippen LogP contribution in [0.4, 0.5) is 0 Å². The van der Waals surface area contributed by atoms with Gasteiger partial charge in [0.1, 0.15) is 18.1 Å². The van der Waals surface area contributed by atoms with Crippen LogP contribution in [0.3, 0.4) is 0 Å². The van der Waals surface area contributed by atoms with Crippen LogP contribution < -0.4 is 14.8 Å². The van der Waals surface area contributed by atoms with Crippen LogP contribution in [-0.4, -0.2) is 50.3 Å². The summed E-state index contributed by atoms with van der Waals surface area (Å²) in [5, 5.41) is 3.60. The van der Waals surface area contributed by atoms with Crippen LogP contribution in [0.1, 0.15) is 19.3 Å². The Labute approximate surface area is 121 Å². The summed E-state index contributed by atoms with van der Waals surface area (Å²) >= 11 is 0. The van der Waals surface area contributed by atoms with E-state index in [2.05, 4.69) is 10.2 Å². The van der Waals surface area contributed by atoms with Gasteiger partial charge in [-0.05, 0) is 43.5 Å². The molecule has 1 saturated heterocycles. The van der Waals surface area contributed by atoms with Crippen LogP contribution in [0.5, 0.6) is 11.5 Å². The Bertz CT molecular complexity index is 417. The minimum absolute atomic E-state index is 0.648. The standard InChI is InChI=1S/C16H24N2O2/c1-19-15-4-6-16(7-5-15)20-11-9-17-13-8-10-18(12-13)14-2-3-14/h4-7,13-14,17H,2-3,8-12H2,1H3. The zero-order chi connectivity index (χ0) is 13.8. The predicted octanol–water partition coefficient (Wildman–Crippen LogP) is 1.90. The molecule has 2 fully saturated rings. The van der Waals surface area contributed by atoms with E-state index in [9.17, 15) is 0 Å². The van der Waals surface area contributed by atoms with Gasteiger partial charge in [0.25, 0.3) is 0 Å². The molecule has 1 atom stereocenters. The van der Waals surface area contributed by atoms with E-state index in [4.69, 9.17) is 9.47 Å². The van der Waals surface area contributed by atoms with E-state index in [1.165, 1.54) is 32.4 Å². The Kier molecular flexibility index (Phi) is 4.43. The van der Waals surface area contributed by atoms with Crippen LogP contribution in [-0.2, 0) is 0 Å². The van der Waals surface area contributed by atoms with Crippen LogP contribution in [0.2, 0.25) is 0 Å². The number of benzene rings is 1. The molecule has 0 spiro atoms. The van der Waals surface area contributed by atoms with Crippen molar-refractivity contribution >= 4 is 0 Å². The lowest BCUT2D eigenvalue weighted by Gasteiger charge is -2.16. The summed E-state index contributed by atoms with van der Waals surface area (Å²) in [6.45, 7) is 4.11. The van der Waals surface area contributed by atoms with Crippen molar-refractivity contribution < 1.29 is 9.47 Å². The van der Waals surface area contributed by atoms with E-state index in [1.54, 1.807) is 7.11 Å². The highest BCUT2D eigenvalue weighted by molar-refractivity contribution is 5.31. The van der Waals surface area contributed by atoms with E-state index in [0.29, 0.717) is 12.6 Å². The highest BCUT2D eigenvalue weighted by Crippen LogP contribution is 2.29. The summed E-state index contributed by atoms with van der Waals surface area (Å²) in [6, 6.07) is 9.29. The number of likely N-dealkylation sites (tertiary alicyclic amines) is 1. The van der Waals surface area contributed by atoms with Crippen LogP contribution in [0.15, 0.2) is 24.3 Å². The highest BCUT2D eigenvalue weighted by Gasteiger charge is 2.33. The molecular weight excluding hydrogens is 252 g/mol. The zero-order valence-electron chi connectivity index (χ0n) is 12.2. The SMILES string of the molecule is COc1ccc(OCCNC2CCN(C3CC3)C2)cc1. The van der Waals surface area contributed by atoms with Crippen molar-refractivity contribution in [2.24, 2.45) is 0 Å². The van der Waals surface area contributed by atoms with Gasteiger partial charge in [0, 0.05) is 31.7 Å². The summed E-state index contributed by atoms with van der Waals surface area (Å²) in [4.78, 5) is 2.63. The van der Waals surface area contributed by atoms with Gasteiger partial charge in [-0.15, -0.1) is 0 Å². The third-order valence-electron chi connectivity index (χ3n) is 4.15. The number of rotatable bonds is 7. The van der Waals surface area contributed by atoms with E-state index in [-0.39, 0.29) is 0 Å². The molecule has 1 aliphatic heterocycles. The highest BCUT2D eigenvalue weighted by atomic mass is 16.5. The number of nitrogens with one attached hydrogen (secondary N) is 1. The first-order valence-electron chi connectivity index (χ1n) is 7.59. The van der Waals surface area contributed by atoms with Gasteiger partial charge in [0.15, 0.2) is 0 Å². The number of hydrogen-bond acceptors (Lipinski definition) is 4. The van der Waals surface area contributed by atoms with E-state index >= 15 is 0 Å². The first kappa shape index (κ1) is 13.7. The summed E-state index contributed by atoms with van der Waals surface area (Å²) in [5.41, 5.74) is 0. The van der Waals surface area contributed by atoms with E-state index < -0.39 is 0 Å². The summed E-state index contributed by atoms with van der Waals surface area (Å²) in [5.74, 6) is 1.76. The van der Waals surface area contributed by atoms with Gasteiger partial charge >= 0.3 is 0 Å². The van der Waals surface area contributed by atoms with Gasteiger partial charge in [0.05, 0.1) is 7.11 Å². The smallest absolute Gasteiger partial charge is 0.119 e. The van der Waals surface area contributed by atoms with Crippen molar-refractivity contribution in [2.45, 2.75) is 31.3 Å². The Hall–Kier alpha value is -1.26. The quantitative estimate of drug-likeness (QED) is 0.771. The van der Waals surface area contributed by atoms with Crippen molar-refractivity contribution in [3.05, 3.63) is 24.3 Å². The van der Waals surface area contributed by atoms with Crippen molar-refractivity contribution in [1.29, 1.82) is 0 Å². The minimum Gasteiger partial charge on any atom is -0.497 e. The molecule has 0 bridgehead atoms. The lowest BCUT2D eigenvalue weighted by atomic mass is 10.2. The monoisotopic (exact) mass is 276 g/mol. The first-order valence-corrected chi connectivity index (χ1v) is 7.59. The van der Waals surface area contributed by atoms with E-state index in [0.717, 1.165) is 24.1 Å². The minimum atomic E-state index is 0.648. The molecule has 4 heteroatoms. The topological polar surface area (TPSA) is 33.7 Å². The maximum Gasteiger partial charge on any atom is 0.119 e. The summed E-state index contributed by atoms with van der Waals surface area (Å²) in [6.07, 6.45) is 4.10. The maximum atomic E-state index is 5.72. The lowest BCUT2D eigenvalue weighted by molar-refractivity contribution is 0.293. The number of nitrogens with zero attached hydrogens (tertiary/aromatic N) is 1. The molecular formula is C16H24N2O2. The second kappa shape index (κ2) is 6.46. The van der Waals surface area contributed by atoms with Crippen LogP contribution in [0, 0.1) is 0 Å². The predicted molar refractivity (Wildman–Crippen MR) is 79.5 cm³/mol. The first-order chi connectivity index (χ1) is 9.85. The Morgan fingerprint density at radius 2 is 1.90 bits per heavy atom. The van der Waals surface area contributed by atoms with Gasteiger partial charge in [-0.1, -0.05) is 0 Å². The molecule has 0 amide bonds. The molecule has 3 rings (SSSR count). The maximum absolute atomic E-state index is 5.72. The van der Waals surface area contributed by atoms with Gasteiger partial charge < -0.3 is 14.8 Å². The molecule has 1 unspecified atom stereocenters. The average molecular weight is 276 g/mol. The number of ether oxygens (including phenoxy) is 2. The number of methoxy groups -OCH3 is 1. The van der Waals surface area contributed by atoms with Gasteiger partial charge in [0.2, 0.25) is 0 Å². The van der Waals surface area contributed by atoms with Crippen molar-refractivity contribution in [2.75, 3.05) is 33.4 Å². The van der Waals surface area contributed by atoms with Crippen molar-refractivity contribution in [3.63, 3.8) is 0 Å². The molecule has 1 heterocycles. The van der Waals surface area contributed by atoms with Crippen LogP contribution >= 0.6 is 0 Å². The molecule has 1 aromatic rings.